The molecule has 0 saturated carbocycles. The number of nitrogens with zero attached hydrogens (tertiary/aromatic N) is 1. The van der Waals surface area contributed by atoms with Gasteiger partial charge in [0.1, 0.15) is 18.4 Å². The summed E-state index contributed by atoms with van der Waals surface area (Å²) in [7, 11) is -2.14. The maximum absolute atomic E-state index is 13.4. The fourth-order valence-electron chi connectivity index (χ4n) is 5.63. The van der Waals surface area contributed by atoms with Crippen molar-refractivity contribution in [3.63, 3.8) is 0 Å². The molecule has 2 aliphatic heterocycles. The zero-order chi connectivity index (χ0) is 26.1. The summed E-state index contributed by atoms with van der Waals surface area (Å²) in [6.07, 6.45) is 2.17. The summed E-state index contributed by atoms with van der Waals surface area (Å²) in [5.74, 6) is 11.8. The fourth-order valence-corrected chi connectivity index (χ4v) is 8.55. The number of epoxide rings is 1. The monoisotopic (exact) mass is 507 g/mol. The molecule has 2 N–H and O–H groups in total. The van der Waals surface area contributed by atoms with Crippen molar-refractivity contribution >= 4 is 20.1 Å². The van der Waals surface area contributed by atoms with Crippen LogP contribution in [-0.4, -0.2) is 55.1 Å². The smallest absolute Gasteiger partial charge is 0.415 e. The van der Waals surface area contributed by atoms with E-state index in [1.165, 1.54) is 23.1 Å². The van der Waals surface area contributed by atoms with E-state index in [1.807, 2.05) is 6.92 Å². The molecule has 36 heavy (non-hydrogen) atoms. The van der Waals surface area contributed by atoms with E-state index in [2.05, 4.69) is 51.0 Å². The number of carbonyl (C=O) groups excluding carboxylic acids is 1. The SMILES string of the molecule is C=CCOC(=O)N1c2ccc(O)cc2[C@@]23O[C@@]2([C@H](C)O[Si](CC)(CC)CC)[C@@H]1C#C/C=C\C#C[C@H]3O. The summed E-state index contributed by atoms with van der Waals surface area (Å²) in [6.45, 7) is 12.0. The Labute approximate surface area is 213 Å². The lowest BCUT2D eigenvalue weighted by molar-refractivity contribution is 0.0890. The van der Waals surface area contributed by atoms with Crippen LogP contribution in [0.1, 0.15) is 33.3 Å². The number of carbonyl (C=O) groups is 1. The lowest BCUT2D eigenvalue weighted by Crippen LogP contribution is -2.62. The molecule has 5 atom stereocenters. The molecule has 1 saturated heterocycles. The molecule has 1 aromatic rings. The second-order valence-electron chi connectivity index (χ2n) is 9.29. The van der Waals surface area contributed by atoms with Gasteiger partial charge in [0.25, 0.3) is 0 Å². The lowest BCUT2D eigenvalue weighted by Gasteiger charge is -2.44. The van der Waals surface area contributed by atoms with Gasteiger partial charge in [0.2, 0.25) is 0 Å². The van der Waals surface area contributed by atoms with E-state index in [0.717, 1.165) is 18.1 Å². The summed E-state index contributed by atoms with van der Waals surface area (Å²) in [4.78, 5) is 14.9. The Morgan fingerprint density at radius 2 is 1.92 bits per heavy atom. The van der Waals surface area contributed by atoms with Crippen LogP contribution in [0.15, 0.2) is 43.0 Å². The van der Waals surface area contributed by atoms with E-state index in [1.54, 1.807) is 18.2 Å². The van der Waals surface area contributed by atoms with Crippen LogP contribution in [0.4, 0.5) is 10.5 Å². The van der Waals surface area contributed by atoms with Crippen molar-refractivity contribution in [3.8, 4) is 29.4 Å². The molecule has 2 bridgehead atoms. The zero-order valence-electron chi connectivity index (χ0n) is 21.2. The molecule has 0 aromatic heterocycles. The van der Waals surface area contributed by atoms with E-state index in [9.17, 15) is 15.0 Å². The highest BCUT2D eigenvalue weighted by Gasteiger charge is 2.84. The highest BCUT2D eigenvalue weighted by Crippen LogP contribution is 2.68. The largest absolute Gasteiger partial charge is 0.508 e. The van der Waals surface area contributed by atoms with Crippen LogP contribution in [0.25, 0.3) is 0 Å². The van der Waals surface area contributed by atoms with Gasteiger partial charge in [0, 0.05) is 5.56 Å². The van der Waals surface area contributed by atoms with Gasteiger partial charge >= 0.3 is 6.09 Å². The molecule has 1 amide bonds. The van der Waals surface area contributed by atoms with Crippen molar-refractivity contribution in [3.05, 3.63) is 48.6 Å². The van der Waals surface area contributed by atoms with Crippen molar-refractivity contribution in [1.29, 1.82) is 0 Å². The number of ether oxygens (including phenoxy) is 2. The van der Waals surface area contributed by atoms with Gasteiger partial charge in [-0.1, -0.05) is 57.1 Å². The number of hydrogen-bond acceptors (Lipinski definition) is 6. The molecule has 0 spiro atoms. The average molecular weight is 508 g/mol. The number of aromatic hydroxyl groups is 1. The number of hydrogen-bond donors (Lipinski definition) is 2. The molecule has 1 fully saturated rings. The van der Waals surface area contributed by atoms with Gasteiger partial charge in [0.05, 0.1) is 11.8 Å². The summed E-state index contributed by atoms with van der Waals surface area (Å²) >= 11 is 0. The minimum Gasteiger partial charge on any atom is -0.508 e. The predicted octanol–water partition coefficient (Wildman–Crippen LogP) is 4.22. The van der Waals surface area contributed by atoms with Crippen LogP contribution in [0.5, 0.6) is 5.75 Å². The predicted molar refractivity (Wildman–Crippen MR) is 140 cm³/mol. The van der Waals surface area contributed by atoms with Gasteiger partial charge < -0.3 is 24.1 Å². The molecule has 0 radical (unpaired) electrons. The first-order valence-corrected chi connectivity index (χ1v) is 14.9. The summed E-state index contributed by atoms with van der Waals surface area (Å²) in [5.41, 5.74) is -1.74. The summed E-state index contributed by atoms with van der Waals surface area (Å²) in [5, 5.41) is 21.9. The number of amides is 1. The van der Waals surface area contributed by atoms with Gasteiger partial charge in [-0.25, -0.2) is 4.79 Å². The number of fused-ring (bicyclic) bond motifs is 1. The molecular weight excluding hydrogens is 474 g/mol. The highest BCUT2D eigenvalue weighted by molar-refractivity contribution is 6.73. The summed E-state index contributed by atoms with van der Waals surface area (Å²) in [6, 6.07) is 6.49. The van der Waals surface area contributed by atoms with E-state index in [0.29, 0.717) is 11.3 Å². The number of anilines is 1. The Bertz CT molecular complexity index is 1190. The maximum Gasteiger partial charge on any atom is 0.415 e. The standard InChI is InChI=1S/C28H33NO6Si/c1-6-18-33-26(32)29-23-17-16-21(30)19-22(23)28-25(31)15-13-11-10-12-14-24(29)27(28,35-28)20(5)34-36(7-2,8-3)9-4/h6,10-11,16-17,19-20,24-25,30-31H,1,7-9,18H2,2-5H3/b11-10-/t20-,24-,25+,27-,28-/m0/s1. The third kappa shape index (κ3) is 3.77. The third-order valence-electron chi connectivity index (χ3n) is 7.73. The van der Waals surface area contributed by atoms with Crippen LogP contribution in [0.2, 0.25) is 18.1 Å². The number of phenolic OH excluding ortho intramolecular Hbond substituents is 1. The van der Waals surface area contributed by atoms with Gasteiger partial charge in [-0.3, -0.25) is 4.90 Å². The van der Waals surface area contributed by atoms with Gasteiger partial charge in [-0.15, -0.1) is 0 Å². The Morgan fingerprint density at radius 3 is 2.56 bits per heavy atom. The molecule has 8 heteroatoms. The van der Waals surface area contributed by atoms with Crippen molar-refractivity contribution in [2.24, 2.45) is 0 Å². The van der Waals surface area contributed by atoms with Crippen LogP contribution in [0.3, 0.4) is 0 Å². The highest BCUT2D eigenvalue weighted by atomic mass is 28.4. The number of allylic oxidation sites excluding steroid dienone is 2. The topological polar surface area (TPSA) is 91.8 Å². The normalized spacial score (nSPS) is 29.2. The van der Waals surface area contributed by atoms with Gasteiger partial charge in [-0.2, -0.15) is 0 Å². The number of aliphatic hydroxyl groups excluding tert-OH is 1. The van der Waals surface area contributed by atoms with Crippen molar-refractivity contribution < 1.29 is 28.9 Å². The molecule has 4 rings (SSSR count). The van der Waals surface area contributed by atoms with Crippen molar-refractivity contribution in [2.45, 2.75) is 75.3 Å². The zero-order valence-corrected chi connectivity index (χ0v) is 22.2. The van der Waals surface area contributed by atoms with Crippen LogP contribution in [-0.2, 0) is 19.5 Å². The average Bonchev–Trinajstić information content (AvgIpc) is 3.61. The third-order valence-corrected chi connectivity index (χ3v) is 12.5. The Morgan fingerprint density at radius 1 is 1.25 bits per heavy atom. The van der Waals surface area contributed by atoms with Crippen molar-refractivity contribution in [2.75, 3.05) is 11.5 Å². The number of rotatable bonds is 8. The van der Waals surface area contributed by atoms with Crippen molar-refractivity contribution in [1.82, 2.24) is 0 Å². The number of benzene rings is 1. The maximum atomic E-state index is 13.4. The molecule has 3 aliphatic rings. The molecule has 1 aliphatic carbocycles. The molecule has 1 aromatic carbocycles. The fraction of sp³-hybridized carbons (Fsp3) is 0.464. The van der Waals surface area contributed by atoms with Gasteiger partial charge in [0.15, 0.2) is 25.6 Å². The second-order valence-corrected chi connectivity index (χ2v) is 14.0. The molecule has 2 heterocycles. The molecular formula is C28H33NO6Si. The first kappa shape index (κ1) is 26.1. The van der Waals surface area contributed by atoms with Crippen LogP contribution in [0, 0.1) is 23.7 Å². The van der Waals surface area contributed by atoms with E-state index >= 15 is 0 Å². The van der Waals surface area contributed by atoms with E-state index in [4.69, 9.17) is 13.9 Å². The Kier molecular flexibility index (Phi) is 7.09. The first-order valence-electron chi connectivity index (χ1n) is 12.4. The minimum absolute atomic E-state index is 0.0134. The van der Waals surface area contributed by atoms with Crippen LogP contribution >= 0.6 is 0 Å². The quantitative estimate of drug-likeness (QED) is 0.237. The van der Waals surface area contributed by atoms with E-state index < -0.39 is 43.9 Å². The van der Waals surface area contributed by atoms with E-state index in [-0.39, 0.29) is 12.4 Å². The first-order chi connectivity index (χ1) is 17.3. The lowest BCUT2D eigenvalue weighted by atomic mass is 9.71. The van der Waals surface area contributed by atoms with Crippen LogP contribution < -0.4 is 4.90 Å². The Balaban J connectivity index is 1.98. The second kappa shape index (κ2) is 9.80. The minimum atomic E-state index is -2.14. The molecule has 0 unspecified atom stereocenters. The molecule has 7 nitrogen and oxygen atoms in total. The summed E-state index contributed by atoms with van der Waals surface area (Å²) < 4.78 is 18.9. The molecule has 190 valence electrons. The number of phenols is 1. The Hall–Kier alpha value is -3.01. The number of aliphatic hydroxyl groups is 1. The van der Waals surface area contributed by atoms with Gasteiger partial charge in [-0.05, 0) is 55.4 Å².